The van der Waals surface area contributed by atoms with Crippen LogP contribution in [0.4, 0.5) is 11.4 Å². The van der Waals surface area contributed by atoms with Gasteiger partial charge < -0.3 is 10.1 Å². The van der Waals surface area contributed by atoms with E-state index in [-0.39, 0.29) is 22.0 Å². The molecule has 1 unspecified atom stereocenters. The lowest BCUT2D eigenvalue weighted by Crippen LogP contribution is -2.34. The number of carbonyl (C=O) groups is 1. The van der Waals surface area contributed by atoms with Crippen molar-refractivity contribution >= 4 is 44.6 Å². The molecule has 0 aliphatic rings. The van der Waals surface area contributed by atoms with Gasteiger partial charge in [0.05, 0.1) is 11.0 Å². The van der Waals surface area contributed by atoms with Crippen molar-refractivity contribution in [3.63, 3.8) is 0 Å². The number of ether oxygens (including phenoxy) is 1. The number of nitrogens with one attached hydrogen (secondary N) is 3. The van der Waals surface area contributed by atoms with Crippen LogP contribution in [0.3, 0.4) is 0 Å². The van der Waals surface area contributed by atoms with Crippen molar-refractivity contribution in [3.8, 4) is 5.75 Å². The number of sulfonamides is 1. The van der Waals surface area contributed by atoms with E-state index < -0.39 is 10.0 Å². The Bertz CT molecular complexity index is 1200. The molecule has 3 aromatic carbocycles. The van der Waals surface area contributed by atoms with E-state index in [1.165, 1.54) is 12.1 Å². The van der Waals surface area contributed by atoms with Crippen LogP contribution in [-0.2, 0) is 10.0 Å². The molecule has 33 heavy (non-hydrogen) atoms. The Kier molecular flexibility index (Phi) is 8.02. The summed E-state index contributed by atoms with van der Waals surface area (Å²) >= 11 is 5.21. The van der Waals surface area contributed by atoms with Crippen molar-refractivity contribution in [2.45, 2.75) is 31.3 Å². The van der Waals surface area contributed by atoms with E-state index in [4.69, 9.17) is 17.0 Å². The van der Waals surface area contributed by atoms with Crippen molar-refractivity contribution < 1.29 is 17.9 Å². The molecule has 9 heteroatoms. The molecular weight excluding hydrogens is 458 g/mol. The zero-order valence-corrected chi connectivity index (χ0v) is 19.9. The van der Waals surface area contributed by atoms with Gasteiger partial charge >= 0.3 is 0 Å². The molecule has 3 N–H and O–H groups in total. The third-order valence-corrected chi connectivity index (χ3v) is 6.31. The van der Waals surface area contributed by atoms with Gasteiger partial charge in [0.2, 0.25) is 0 Å². The molecule has 3 aromatic rings. The summed E-state index contributed by atoms with van der Waals surface area (Å²) in [5.74, 6) is 0.326. The van der Waals surface area contributed by atoms with Crippen LogP contribution in [0.1, 0.15) is 30.6 Å². The monoisotopic (exact) mass is 483 g/mol. The van der Waals surface area contributed by atoms with Crippen molar-refractivity contribution in [1.29, 1.82) is 0 Å². The number of carbonyl (C=O) groups excluding carboxylic acids is 1. The molecule has 0 aliphatic carbocycles. The first-order valence-corrected chi connectivity index (χ1v) is 12.2. The maximum Gasteiger partial charge on any atom is 0.261 e. The smallest absolute Gasteiger partial charge is 0.261 e. The predicted molar refractivity (Wildman–Crippen MR) is 134 cm³/mol. The zero-order chi connectivity index (χ0) is 23.8. The Morgan fingerprint density at radius 1 is 0.939 bits per heavy atom. The fourth-order valence-electron chi connectivity index (χ4n) is 2.78. The lowest BCUT2D eigenvalue weighted by atomic mass is 10.2. The summed E-state index contributed by atoms with van der Waals surface area (Å²) in [5, 5.41) is 5.57. The van der Waals surface area contributed by atoms with Gasteiger partial charge in [0.1, 0.15) is 5.75 Å². The Morgan fingerprint density at radius 2 is 1.58 bits per heavy atom. The third-order valence-electron chi connectivity index (χ3n) is 4.70. The second-order valence-corrected chi connectivity index (χ2v) is 9.36. The van der Waals surface area contributed by atoms with Gasteiger partial charge in [-0.25, -0.2) is 8.42 Å². The number of thiocarbonyl (C=S) groups is 1. The van der Waals surface area contributed by atoms with E-state index in [0.29, 0.717) is 22.7 Å². The Balaban J connectivity index is 1.56. The molecule has 172 valence electrons. The fraction of sp³-hybridized carbons (Fsp3) is 0.167. The maximum atomic E-state index is 12.5. The molecule has 0 heterocycles. The van der Waals surface area contributed by atoms with Crippen LogP contribution in [-0.4, -0.2) is 25.5 Å². The first-order chi connectivity index (χ1) is 15.8. The molecular formula is C24H25N3O4S2. The van der Waals surface area contributed by atoms with Crippen LogP contribution < -0.4 is 20.1 Å². The van der Waals surface area contributed by atoms with Crippen molar-refractivity contribution in [2.24, 2.45) is 0 Å². The number of rotatable bonds is 8. The van der Waals surface area contributed by atoms with E-state index in [9.17, 15) is 13.2 Å². The maximum absolute atomic E-state index is 12.5. The molecule has 0 aliphatic heterocycles. The average molecular weight is 484 g/mol. The lowest BCUT2D eigenvalue weighted by Gasteiger charge is -2.13. The van der Waals surface area contributed by atoms with Gasteiger partial charge in [-0.2, -0.15) is 0 Å². The molecule has 0 bridgehead atoms. The van der Waals surface area contributed by atoms with E-state index in [1.807, 2.05) is 13.8 Å². The van der Waals surface area contributed by atoms with Crippen LogP contribution in [0, 0.1) is 0 Å². The zero-order valence-electron chi connectivity index (χ0n) is 18.2. The molecule has 7 nitrogen and oxygen atoms in total. The summed E-state index contributed by atoms with van der Waals surface area (Å²) < 4.78 is 33.3. The highest BCUT2D eigenvalue weighted by atomic mass is 32.2. The molecule has 1 atom stereocenters. The summed E-state index contributed by atoms with van der Waals surface area (Å²) in [6.45, 7) is 4.01. The lowest BCUT2D eigenvalue weighted by molar-refractivity contribution is 0.0977. The highest BCUT2D eigenvalue weighted by Gasteiger charge is 2.14. The highest BCUT2D eigenvalue weighted by molar-refractivity contribution is 7.92. The first-order valence-electron chi connectivity index (χ1n) is 10.3. The van der Waals surface area contributed by atoms with E-state index >= 15 is 0 Å². The van der Waals surface area contributed by atoms with Crippen LogP contribution in [0.15, 0.2) is 83.8 Å². The quantitative estimate of drug-likeness (QED) is 0.399. The molecule has 1 amide bonds. The minimum absolute atomic E-state index is 0.0944. The van der Waals surface area contributed by atoms with Gasteiger partial charge in [0.15, 0.2) is 5.11 Å². The van der Waals surface area contributed by atoms with Crippen molar-refractivity contribution in [1.82, 2.24) is 5.32 Å². The Morgan fingerprint density at radius 3 is 2.18 bits per heavy atom. The van der Waals surface area contributed by atoms with E-state index in [0.717, 1.165) is 6.42 Å². The summed E-state index contributed by atoms with van der Waals surface area (Å²) in [5.41, 5.74) is 1.45. The first kappa shape index (κ1) is 24.2. The Hall–Kier alpha value is -3.43. The van der Waals surface area contributed by atoms with Gasteiger partial charge in [0, 0.05) is 16.9 Å². The van der Waals surface area contributed by atoms with Gasteiger partial charge in [-0.05, 0) is 86.2 Å². The number of hydrogen-bond donors (Lipinski definition) is 3. The summed E-state index contributed by atoms with van der Waals surface area (Å²) in [4.78, 5) is 12.5. The summed E-state index contributed by atoms with van der Waals surface area (Å²) in [6, 6.07) is 21.5. The summed E-state index contributed by atoms with van der Waals surface area (Å²) in [7, 11) is -3.72. The SMILES string of the molecule is CCC(C)Oc1ccc(C(=O)NC(=S)Nc2ccc(S(=O)(=O)Nc3ccccc3)cc2)cc1. The standard InChI is InChI=1S/C24H25N3O4S2/c1-3-17(2)31-21-13-9-18(10-14-21)23(28)26-24(32)25-19-11-15-22(16-12-19)33(29,30)27-20-7-5-4-6-8-20/h4-17,27H,3H2,1-2H3,(H2,25,26,28,32). The number of hydrogen-bond acceptors (Lipinski definition) is 5. The second-order valence-electron chi connectivity index (χ2n) is 7.27. The number of para-hydroxylation sites is 1. The molecule has 0 spiro atoms. The fourth-order valence-corrected chi connectivity index (χ4v) is 4.05. The minimum atomic E-state index is -3.72. The molecule has 0 saturated carbocycles. The van der Waals surface area contributed by atoms with E-state index in [2.05, 4.69) is 15.4 Å². The normalized spacial score (nSPS) is 11.8. The molecule has 0 fully saturated rings. The molecule has 0 saturated heterocycles. The number of benzene rings is 3. The van der Waals surface area contributed by atoms with Crippen LogP contribution >= 0.6 is 12.2 Å². The van der Waals surface area contributed by atoms with Gasteiger partial charge in [-0.3, -0.25) is 14.8 Å². The topological polar surface area (TPSA) is 96.5 Å². The number of anilines is 2. The average Bonchev–Trinajstić information content (AvgIpc) is 2.80. The Labute approximate surface area is 199 Å². The largest absolute Gasteiger partial charge is 0.491 e. The van der Waals surface area contributed by atoms with Crippen molar-refractivity contribution in [2.75, 3.05) is 10.0 Å². The van der Waals surface area contributed by atoms with E-state index in [1.54, 1.807) is 66.7 Å². The van der Waals surface area contributed by atoms with Gasteiger partial charge in [-0.15, -0.1) is 0 Å². The molecule has 0 radical (unpaired) electrons. The van der Waals surface area contributed by atoms with Gasteiger partial charge in [0.25, 0.3) is 15.9 Å². The minimum Gasteiger partial charge on any atom is -0.491 e. The van der Waals surface area contributed by atoms with Gasteiger partial charge in [-0.1, -0.05) is 25.1 Å². The highest BCUT2D eigenvalue weighted by Crippen LogP contribution is 2.18. The molecule has 3 rings (SSSR count). The van der Waals surface area contributed by atoms with Crippen LogP contribution in [0.2, 0.25) is 0 Å². The van der Waals surface area contributed by atoms with Crippen LogP contribution in [0.25, 0.3) is 0 Å². The van der Waals surface area contributed by atoms with Crippen molar-refractivity contribution in [3.05, 3.63) is 84.4 Å². The third kappa shape index (κ3) is 7.03. The number of amides is 1. The predicted octanol–water partition coefficient (Wildman–Crippen LogP) is 4.79. The molecule has 0 aromatic heterocycles. The summed E-state index contributed by atoms with van der Waals surface area (Å²) in [6.07, 6.45) is 0.982. The van der Waals surface area contributed by atoms with Crippen LogP contribution in [0.5, 0.6) is 5.75 Å². The second kappa shape index (κ2) is 10.9.